The second kappa shape index (κ2) is 8.08. The average molecular weight is 331 g/mol. The third-order valence-corrected chi connectivity index (χ3v) is 4.64. The maximum absolute atomic E-state index is 12.4. The molecule has 0 saturated carbocycles. The minimum atomic E-state index is -0.202. The van der Waals surface area contributed by atoms with Crippen molar-refractivity contribution in [1.29, 1.82) is 0 Å². The van der Waals surface area contributed by atoms with Gasteiger partial charge in [0.05, 0.1) is 13.0 Å². The summed E-state index contributed by atoms with van der Waals surface area (Å²) in [5.41, 5.74) is 2.68. The number of benzene rings is 1. The van der Waals surface area contributed by atoms with Gasteiger partial charge in [-0.25, -0.2) is 0 Å². The number of carbonyl (C=O) groups excluding carboxylic acids is 3. The third kappa shape index (κ3) is 4.43. The van der Waals surface area contributed by atoms with Crippen molar-refractivity contribution in [3.8, 4) is 0 Å². The standard InChI is InChI=1S/C19H25NO4/c1-13-4-5-14(2)16(12-13)17(21)6-7-18(22)20-10-8-15(9-11-20)19(23)24-3/h4-5,12,15H,6-11H2,1-3H3. The number of piperidine rings is 1. The van der Waals surface area contributed by atoms with Gasteiger partial charge in [0.25, 0.3) is 0 Å². The van der Waals surface area contributed by atoms with E-state index in [9.17, 15) is 14.4 Å². The van der Waals surface area contributed by atoms with Crippen LogP contribution in [0, 0.1) is 19.8 Å². The van der Waals surface area contributed by atoms with Crippen molar-refractivity contribution in [2.24, 2.45) is 5.92 Å². The molecule has 1 aliphatic rings. The number of nitrogens with zero attached hydrogens (tertiary/aromatic N) is 1. The van der Waals surface area contributed by atoms with Gasteiger partial charge >= 0.3 is 5.97 Å². The maximum atomic E-state index is 12.4. The monoisotopic (exact) mass is 331 g/mol. The molecule has 0 unspecified atom stereocenters. The first-order valence-corrected chi connectivity index (χ1v) is 8.38. The average Bonchev–Trinajstić information content (AvgIpc) is 2.60. The van der Waals surface area contributed by atoms with Crippen LogP contribution in [0.2, 0.25) is 0 Å². The molecule has 1 heterocycles. The van der Waals surface area contributed by atoms with Gasteiger partial charge in [0, 0.05) is 31.5 Å². The van der Waals surface area contributed by atoms with E-state index in [0.717, 1.165) is 11.1 Å². The zero-order valence-corrected chi connectivity index (χ0v) is 14.6. The van der Waals surface area contributed by atoms with Crippen LogP contribution in [0.25, 0.3) is 0 Å². The maximum Gasteiger partial charge on any atom is 0.308 e. The lowest BCUT2D eigenvalue weighted by Crippen LogP contribution is -2.40. The van der Waals surface area contributed by atoms with E-state index in [2.05, 4.69) is 0 Å². The number of aryl methyl sites for hydroxylation is 2. The molecule has 1 aliphatic heterocycles. The van der Waals surface area contributed by atoms with Crippen molar-refractivity contribution in [3.05, 3.63) is 34.9 Å². The van der Waals surface area contributed by atoms with Gasteiger partial charge < -0.3 is 9.64 Å². The summed E-state index contributed by atoms with van der Waals surface area (Å²) in [7, 11) is 1.39. The summed E-state index contributed by atoms with van der Waals surface area (Å²) < 4.78 is 4.75. The van der Waals surface area contributed by atoms with Crippen LogP contribution in [0.5, 0.6) is 0 Å². The largest absolute Gasteiger partial charge is 0.469 e. The molecule has 24 heavy (non-hydrogen) atoms. The first-order chi connectivity index (χ1) is 11.4. The van der Waals surface area contributed by atoms with Crippen LogP contribution in [-0.4, -0.2) is 42.8 Å². The van der Waals surface area contributed by atoms with Crippen LogP contribution in [0.15, 0.2) is 18.2 Å². The number of carbonyl (C=O) groups is 3. The Morgan fingerprint density at radius 2 is 1.79 bits per heavy atom. The molecule has 1 aromatic carbocycles. The van der Waals surface area contributed by atoms with Gasteiger partial charge in [-0.15, -0.1) is 0 Å². The Bertz CT molecular complexity index is 630. The van der Waals surface area contributed by atoms with Crippen LogP contribution < -0.4 is 0 Å². The molecule has 5 nitrogen and oxygen atoms in total. The molecule has 1 aromatic rings. The molecule has 0 atom stereocenters. The molecule has 0 N–H and O–H groups in total. The molecule has 1 fully saturated rings. The first kappa shape index (κ1) is 18.2. The Kier molecular flexibility index (Phi) is 6.12. The number of esters is 1. The molecule has 1 amide bonds. The van der Waals surface area contributed by atoms with Crippen LogP contribution in [0.4, 0.5) is 0 Å². The Morgan fingerprint density at radius 1 is 1.12 bits per heavy atom. The molecule has 130 valence electrons. The number of likely N-dealkylation sites (tertiary alicyclic amines) is 1. The van der Waals surface area contributed by atoms with E-state index in [-0.39, 0.29) is 36.4 Å². The van der Waals surface area contributed by atoms with Gasteiger partial charge in [-0.3, -0.25) is 14.4 Å². The predicted molar refractivity (Wildman–Crippen MR) is 90.8 cm³/mol. The fourth-order valence-electron chi connectivity index (χ4n) is 3.08. The Labute approximate surface area is 143 Å². The van der Waals surface area contributed by atoms with Gasteiger partial charge in [0.2, 0.25) is 5.91 Å². The Balaban J connectivity index is 1.84. The highest BCUT2D eigenvalue weighted by Gasteiger charge is 2.27. The minimum absolute atomic E-state index is 0.00833. The number of hydrogen-bond acceptors (Lipinski definition) is 4. The van der Waals surface area contributed by atoms with Crippen molar-refractivity contribution >= 4 is 17.7 Å². The summed E-state index contributed by atoms with van der Waals surface area (Å²) in [6, 6.07) is 5.79. The van der Waals surface area contributed by atoms with E-state index >= 15 is 0 Å². The zero-order chi connectivity index (χ0) is 17.7. The Hall–Kier alpha value is -2.17. The third-order valence-electron chi connectivity index (χ3n) is 4.64. The molecule has 2 rings (SSSR count). The predicted octanol–water partition coefficient (Wildman–Crippen LogP) is 2.68. The molecule has 0 spiro atoms. The number of hydrogen-bond donors (Lipinski definition) is 0. The summed E-state index contributed by atoms with van der Waals surface area (Å²) >= 11 is 0. The van der Waals surface area contributed by atoms with Crippen LogP contribution in [0.1, 0.15) is 47.2 Å². The van der Waals surface area contributed by atoms with Gasteiger partial charge in [-0.1, -0.05) is 17.7 Å². The fraction of sp³-hybridized carbons (Fsp3) is 0.526. The van der Waals surface area contributed by atoms with E-state index in [4.69, 9.17) is 4.74 Å². The lowest BCUT2D eigenvalue weighted by Gasteiger charge is -2.30. The van der Waals surface area contributed by atoms with E-state index in [1.807, 2.05) is 32.0 Å². The number of ketones is 1. The molecule has 0 radical (unpaired) electrons. The summed E-state index contributed by atoms with van der Waals surface area (Å²) in [4.78, 5) is 37.9. The van der Waals surface area contributed by atoms with Gasteiger partial charge in [-0.05, 0) is 38.3 Å². The summed E-state index contributed by atoms with van der Waals surface area (Å²) in [6.07, 6.45) is 1.70. The van der Waals surface area contributed by atoms with Crippen LogP contribution in [0.3, 0.4) is 0 Å². The van der Waals surface area contributed by atoms with Crippen molar-refractivity contribution in [3.63, 3.8) is 0 Å². The van der Waals surface area contributed by atoms with E-state index in [1.165, 1.54) is 7.11 Å². The number of rotatable bonds is 5. The highest BCUT2D eigenvalue weighted by atomic mass is 16.5. The summed E-state index contributed by atoms with van der Waals surface area (Å²) in [5.74, 6) is -0.325. The zero-order valence-electron chi connectivity index (χ0n) is 14.6. The van der Waals surface area contributed by atoms with E-state index in [0.29, 0.717) is 31.5 Å². The number of amides is 1. The molecule has 0 bridgehead atoms. The Morgan fingerprint density at radius 3 is 2.42 bits per heavy atom. The quantitative estimate of drug-likeness (QED) is 0.615. The van der Waals surface area contributed by atoms with Crippen molar-refractivity contribution in [2.75, 3.05) is 20.2 Å². The molecule has 5 heteroatoms. The molecule has 1 saturated heterocycles. The van der Waals surface area contributed by atoms with Gasteiger partial charge in [0.15, 0.2) is 5.78 Å². The highest BCUT2D eigenvalue weighted by Crippen LogP contribution is 2.20. The van der Waals surface area contributed by atoms with E-state index < -0.39 is 0 Å². The number of ether oxygens (including phenoxy) is 1. The fourth-order valence-corrected chi connectivity index (χ4v) is 3.08. The highest BCUT2D eigenvalue weighted by molar-refractivity contribution is 5.99. The first-order valence-electron chi connectivity index (χ1n) is 8.38. The minimum Gasteiger partial charge on any atom is -0.469 e. The van der Waals surface area contributed by atoms with Gasteiger partial charge in [-0.2, -0.15) is 0 Å². The molecule has 0 aromatic heterocycles. The number of Topliss-reactive ketones (excluding diaryl/α,β-unsaturated/α-hetero) is 1. The summed E-state index contributed by atoms with van der Waals surface area (Å²) in [6.45, 7) is 4.96. The molecular weight excluding hydrogens is 306 g/mol. The second-order valence-corrected chi connectivity index (χ2v) is 6.42. The second-order valence-electron chi connectivity index (χ2n) is 6.42. The smallest absolute Gasteiger partial charge is 0.308 e. The SMILES string of the molecule is COC(=O)C1CCN(C(=O)CCC(=O)c2cc(C)ccc2C)CC1. The lowest BCUT2D eigenvalue weighted by molar-refractivity contribution is -0.148. The normalized spacial score (nSPS) is 15.2. The van der Waals surface area contributed by atoms with Crippen LogP contribution in [-0.2, 0) is 14.3 Å². The molecular formula is C19H25NO4. The molecule has 0 aliphatic carbocycles. The van der Waals surface area contributed by atoms with Gasteiger partial charge in [0.1, 0.15) is 0 Å². The summed E-state index contributed by atoms with van der Waals surface area (Å²) in [5, 5.41) is 0. The van der Waals surface area contributed by atoms with E-state index in [1.54, 1.807) is 4.90 Å². The number of methoxy groups -OCH3 is 1. The lowest BCUT2D eigenvalue weighted by atomic mass is 9.96. The van der Waals surface area contributed by atoms with Crippen molar-refractivity contribution in [2.45, 2.75) is 39.5 Å². The van der Waals surface area contributed by atoms with Crippen molar-refractivity contribution < 1.29 is 19.1 Å². The van der Waals surface area contributed by atoms with Crippen LogP contribution >= 0.6 is 0 Å². The topological polar surface area (TPSA) is 63.7 Å². The van der Waals surface area contributed by atoms with Crippen molar-refractivity contribution in [1.82, 2.24) is 4.90 Å².